The van der Waals surface area contributed by atoms with Gasteiger partial charge in [-0.25, -0.2) is 9.78 Å². The largest absolute Gasteiger partial charge is 0.375 e. The number of nitrogens with one attached hydrogen (secondary N) is 2. The van der Waals surface area contributed by atoms with Crippen LogP contribution in [0.25, 0.3) is 0 Å². The van der Waals surface area contributed by atoms with E-state index in [0.717, 1.165) is 27.6 Å². The smallest absolute Gasteiger partial charge is 0.319 e. The van der Waals surface area contributed by atoms with Crippen LogP contribution in [0, 0.1) is 0 Å². The highest BCUT2D eigenvalue weighted by atomic mass is 32.2. The Balaban J connectivity index is 1.90. The Hall–Kier alpha value is -1.73. The Morgan fingerprint density at radius 1 is 1.32 bits per heavy atom. The van der Waals surface area contributed by atoms with Crippen LogP contribution in [-0.2, 0) is 0 Å². The molecule has 0 fully saturated rings. The van der Waals surface area contributed by atoms with Gasteiger partial charge in [0.1, 0.15) is 0 Å². The minimum atomic E-state index is -0.163. The Bertz CT molecular complexity index is 608. The summed E-state index contributed by atoms with van der Waals surface area (Å²) in [6.07, 6.45) is 3.62. The number of nitrogens with zero attached hydrogens (tertiary/aromatic N) is 1. The molecular formula is C15H20N4OS2. The van der Waals surface area contributed by atoms with E-state index < -0.39 is 0 Å². The lowest BCUT2D eigenvalue weighted by Gasteiger charge is -2.15. The van der Waals surface area contributed by atoms with Crippen molar-refractivity contribution in [1.29, 1.82) is 0 Å². The molecule has 0 aliphatic carbocycles. The van der Waals surface area contributed by atoms with Crippen LogP contribution in [0.3, 0.4) is 0 Å². The molecule has 0 atom stereocenters. The predicted molar refractivity (Wildman–Crippen MR) is 93.6 cm³/mol. The lowest BCUT2D eigenvalue weighted by molar-refractivity contribution is 0.247. The Morgan fingerprint density at radius 3 is 2.55 bits per heavy atom. The number of anilines is 2. The molecule has 22 heavy (non-hydrogen) atoms. The highest BCUT2D eigenvalue weighted by Gasteiger charge is 2.08. The standard InChI is InChI=1S/C15H20N4OS2/c1-3-10(4-2)18-15(20)19-11-5-7-12(8-6-11)21-13-9-17-14(16)22-13/h5-10H,3-4H2,1-2H3,(H2,16,17)(H2,18,19,20). The van der Waals surface area contributed by atoms with E-state index in [4.69, 9.17) is 5.73 Å². The lowest BCUT2D eigenvalue weighted by atomic mass is 10.2. The summed E-state index contributed by atoms with van der Waals surface area (Å²) in [5.74, 6) is 0. The van der Waals surface area contributed by atoms with Crippen molar-refractivity contribution in [1.82, 2.24) is 10.3 Å². The van der Waals surface area contributed by atoms with Gasteiger partial charge in [0.2, 0.25) is 0 Å². The monoisotopic (exact) mass is 336 g/mol. The summed E-state index contributed by atoms with van der Waals surface area (Å²) < 4.78 is 1.05. The van der Waals surface area contributed by atoms with Gasteiger partial charge in [0, 0.05) is 16.6 Å². The summed E-state index contributed by atoms with van der Waals surface area (Å²) in [6, 6.07) is 7.76. The van der Waals surface area contributed by atoms with Gasteiger partial charge in [0.25, 0.3) is 0 Å². The molecule has 0 aliphatic heterocycles. The number of carbonyl (C=O) groups is 1. The second-order valence-corrected chi connectivity index (χ2v) is 7.19. The molecule has 2 aromatic rings. The van der Waals surface area contributed by atoms with Crippen LogP contribution >= 0.6 is 23.1 Å². The minimum Gasteiger partial charge on any atom is -0.375 e. The number of hydrogen-bond donors (Lipinski definition) is 3. The summed E-state index contributed by atoms with van der Waals surface area (Å²) in [4.78, 5) is 17.0. The molecule has 0 radical (unpaired) electrons. The molecule has 0 aliphatic rings. The first-order valence-corrected chi connectivity index (χ1v) is 8.80. The van der Waals surface area contributed by atoms with E-state index in [1.807, 2.05) is 24.3 Å². The third-order valence-electron chi connectivity index (χ3n) is 3.15. The zero-order chi connectivity index (χ0) is 15.9. The number of rotatable bonds is 6. The number of aromatic nitrogens is 1. The predicted octanol–water partition coefficient (Wildman–Crippen LogP) is 4.19. The van der Waals surface area contributed by atoms with Crippen LogP contribution in [0.2, 0.25) is 0 Å². The summed E-state index contributed by atoms with van der Waals surface area (Å²) >= 11 is 3.06. The second kappa shape index (κ2) is 8.05. The number of nitrogen functional groups attached to an aromatic ring is 1. The van der Waals surface area contributed by atoms with Crippen molar-refractivity contribution in [3.63, 3.8) is 0 Å². The van der Waals surface area contributed by atoms with Crippen molar-refractivity contribution in [2.75, 3.05) is 11.1 Å². The van der Waals surface area contributed by atoms with E-state index in [1.54, 1.807) is 18.0 Å². The first kappa shape index (κ1) is 16.6. The molecule has 1 aromatic heterocycles. The van der Waals surface area contributed by atoms with E-state index in [0.29, 0.717) is 5.13 Å². The molecule has 0 spiro atoms. The number of thiazole rings is 1. The first-order chi connectivity index (χ1) is 10.6. The van der Waals surface area contributed by atoms with Gasteiger partial charge in [-0.15, -0.1) is 0 Å². The molecule has 0 saturated heterocycles. The number of hydrogen-bond acceptors (Lipinski definition) is 5. The Morgan fingerprint density at radius 2 is 2.00 bits per heavy atom. The molecule has 2 rings (SSSR count). The van der Waals surface area contributed by atoms with Crippen LogP contribution in [0.1, 0.15) is 26.7 Å². The Kier molecular flexibility index (Phi) is 6.09. The first-order valence-electron chi connectivity index (χ1n) is 7.17. The van der Waals surface area contributed by atoms with Crippen molar-refractivity contribution in [2.24, 2.45) is 0 Å². The van der Waals surface area contributed by atoms with Gasteiger partial charge in [-0.1, -0.05) is 36.9 Å². The minimum absolute atomic E-state index is 0.163. The number of nitrogens with two attached hydrogens (primary N) is 1. The number of carbonyl (C=O) groups excluding carboxylic acids is 1. The Labute approximate surface area is 138 Å². The van der Waals surface area contributed by atoms with Crippen molar-refractivity contribution >= 4 is 39.9 Å². The lowest BCUT2D eigenvalue weighted by Crippen LogP contribution is -2.37. The van der Waals surface area contributed by atoms with Crippen molar-refractivity contribution in [3.8, 4) is 0 Å². The maximum absolute atomic E-state index is 11.9. The van der Waals surface area contributed by atoms with Gasteiger partial charge in [-0.3, -0.25) is 0 Å². The van der Waals surface area contributed by atoms with Crippen LogP contribution in [0.5, 0.6) is 0 Å². The fourth-order valence-electron chi connectivity index (χ4n) is 1.89. The highest BCUT2D eigenvalue weighted by Crippen LogP contribution is 2.33. The molecular weight excluding hydrogens is 316 g/mol. The third-order valence-corrected chi connectivity index (χ3v) is 5.09. The zero-order valence-electron chi connectivity index (χ0n) is 12.6. The van der Waals surface area contributed by atoms with Crippen LogP contribution in [0.15, 0.2) is 39.6 Å². The van der Waals surface area contributed by atoms with E-state index in [9.17, 15) is 4.79 Å². The van der Waals surface area contributed by atoms with Gasteiger partial charge < -0.3 is 16.4 Å². The molecule has 7 heteroatoms. The summed E-state index contributed by atoms with van der Waals surface area (Å²) in [7, 11) is 0. The summed E-state index contributed by atoms with van der Waals surface area (Å²) in [5, 5.41) is 6.36. The molecule has 0 saturated carbocycles. The number of urea groups is 1. The van der Waals surface area contributed by atoms with Gasteiger partial charge in [0.15, 0.2) is 5.13 Å². The topological polar surface area (TPSA) is 80.0 Å². The maximum atomic E-state index is 11.9. The van der Waals surface area contributed by atoms with Gasteiger partial charge in [-0.05, 0) is 37.1 Å². The molecule has 0 unspecified atom stereocenters. The average molecular weight is 336 g/mol. The highest BCUT2D eigenvalue weighted by molar-refractivity contribution is 8.01. The van der Waals surface area contributed by atoms with Crippen molar-refractivity contribution in [2.45, 2.75) is 41.8 Å². The normalized spacial score (nSPS) is 10.7. The molecule has 118 valence electrons. The average Bonchev–Trinajstić information content (AvgIpc) is 2.92. The molecule has 1 heterocycles. The van der Waals surface area contributed by atoms with Gasteiger partial charge >= 0.3 is 6.03 Å². The van der Waals surface area contributed by atoms with Crippen molar-refractivity contribution in [3.05, 3.63) is 30.5 Å². The van der Waals surface area contributed by atoms with Crippen LogP contribution < -0.4 is 16.4 Å². The molecule has 2 amide bonds. The van der Waals surface area contributed by atoms with E-state index in [-0.39, 0.29) is 12.1 Å². The number of benzene rings is 1. The third kappa shape index (κ3) is 4.92. The van der Waals surface area contributed by atoms with Crippen molar-refractivity contribution < 1.29 is 4.79 Å². The van der Waals surface area contributed by atoms with Gasteiger partial charge in [0.05, 0.1) is 10.4 Å². The fourth-order valence-corrected chi connectivity index (χ4v) is 3.63. The summed E-state index contributed by atoms with van der Waals surface area (Å²) in [5.41, 5.74) is 6.39. The van der Waals surface area contributed by atoms with Gasteiger partial charge in [-0.2, -0.15) is 0 Å². The molecule has 0 bridgehead atoms. The van der Waals surface area contributed by atoms with E-state index in [2.05, 4.69) is 29.5 Å². The zero-order valence-corrected chi connectivity index (χ0v) is 14.3. The van der Waals surface area contributed by atoms with Crippen LogP contribution in [-0.4, -0.2) is 17.1 Å². The number of amides is 2. The van der Waals surface area contributed by atoms with Crippen LogP contribution in [0.4, 0.5) is 15.6 Å². The second-order valence-electron chi connectivity index (χ2n) is 4.76. The maximum Gasteiger partial charge on any atom is 0.319 e. The van der Waals surface area contributed by atoms with E-state index in [1.165, 1.54) is 11.3 Å². The SMILES string of the molecule is CCC(CC)NC(=O)Nc1ccc(Sc2cnc(N)s2)cc1. The summed E-state index contributed by atoms with van der Waals surface area (Å²) in [6.45, 7) is 4.12. The van der Waals surface area contributed by atoms with E-state index >= 15 is 0 Å². The quantitative estimate of drug-likeness (QED) is 0.739. The fraction of sp³-hybridized carbons (Fsp3) is 0.333. The molecule has 4 N–H and O–H groups in total. The molecule has 1 aromatic carbocycles. The molecule has 5 nitrogen and oxygen atoms in total.